The largest absolute Gasteiger partial charge is 0.316 e. The Morgan fingerprint density at radius 3 is 2.30 bits per heavy atom. The Morgan fingerprint density at radius 2 is 1.80 bits per heavy atom. The Balaban J connectivity index is 3.18. The second-order valence-electron chi connectivity index (χ2n) is 5.79. The Kier molecular flexibility index (Phi) is 5.87. The molecule has 0 heterocycles. The molecule has 20 heavy (non-hydrogen) atoms. The molecule has 0 aliphatic heterocycles. The van der Waals surface area contributed by atoms with E-state index < -0.39 is 10.0 Å². The topological polar surface area (TPSA) is 58.2 Å². The molecule has 0 bridgehead atoms. The van der Waals surface area contributed by atoms with Crippen LogP contribution in [0.3, 0.4) is 0 Å². The van der Waals surface area contributed by atoms with Gasteiger partial charge in [0.2, 0.25) is 10.0 Å². The minimum atomic E-state index is -3.68. The lowest BCUT2D eigenvalue weighted by atomic mass is 9.98. The predicted molar refractivity (Wildman–Crippen MR) is 83.9 cm³/mol. The summed E-state index contributed by atoms with van der Waals surface area (Å²) in [6.07, 6.45) is 0. The maximum Gasteiger partial charge on any atom is 0.242 e. The number of hydrogen-bond donors (Lipinski definition) is 2. The van der Waals surface area contributed by atoms with Crippen LogP contribution in [0.2, 0.25) is 10.0 Å². The number of rotatable bonds is 5. The number of nitrogens with one attached hydrogen (secondary N) is 2. The monoisotopic (exact) mass is 338 g/mol. The van der Waals surface area contributed by atoms with Gasteiger partial charge in [-0.1, -0.05) is 44.0 Å². The van der Waals surface area contributed by atoms with Crippen molar-refractivity contribution in [1.82, 2.24) is 10.0 Å². The molecule has 1 aromatic carbocycles. The van der Waals surface area contributed by atoms with Crippen molar-refractivity contribution in [1.29, 1.82) is 0 Å². The molecule has 0 aliphatic carbocycles. The van der Waals surface area contributed by atoms with Gasteiger partial charge in [0.1, 0.15) is 4.90 Å². The van der Waals surface area contributed by atoms with Crippen LogP contribution in [0, 0.1) is 5.41 Å². The summed E-state index contributed by atoms with van der Waals surface area (Å²) in [6.45, 7) is 6.60. The lowest BCUT2D eigenvalue weighted by molar-refractivity contribution is 0.407. The van der Waals surface area contributed by atoms with E-state index in [1.54, 1.807) is 13.1 Å². The van der Waals surface area contributed by atoms with Crippen molar-refractivity contribution in [3.8, 4) is 0 Å². The van der Waals surface area contributed by atoms with Crippen molar-refractivity contribution < 1.29 is 8.42 Å². The van der Waals surface area contributed by atoms with Gasteiger partial charge in [0, 0.05) is 18.1 Å². The average Bonchev–Trinajstić information content (AvgIpc) is 2.30. The quantitative estimate of drug-likeness (QED) is 0.867. The molecule has 0 saturated heterocycles. The van der Waals surface area contributed by atoms with Crippen LogP contribution in [0.25, 0.3) is 0 Å². The molecule has 2 N–H and O–H groups in total. The zero-order valence-electron chi connectivity index (χ0n) is 12.0. The lowest BCUT2D eigenvalue weighted by Crippen LogP contribution is -2.32. The zero-order valence-corrected chi connectivity index (χ0v) is 14.4. The van der Waals surface area contributed by atoms with Crippen LogP contribution in [0.15, 0.2) is 17.0 Å². The first-order chi connectivity index (χ1) is 9.07. The number of sulfonamides is 1. The summed E-state index contributed by atoms with van der Waals surface area (Å²) < 4.78 is 27.2. The Morgan fingerprint density at radius 1 is 1.20 bits per heavy atom. The third-order valence-electron chi connectivity index (χ3n) is 2.53. The predicted octanol–water partition coefficient (Wildman–Crippen LogP) is 3.04. The lowest BCUT2D eigenvalue weighted by Gasteiger charge is -2.19. The SMILES string of the molecule is CNCc1cc(Cl)cc(S(=O)(=O)NCC(C)(C)C)c1Cl. The van der Waals surface area contributed by atoms with Crippen LogP contribution in [0.1, 0.15) is 26.3 Å². The van der Waals surface area contributed by atoms with Crippen molar-refractivity contribution in [2.24, 2.45) is 5.41 Å². The average molecular weight is 339 g/mol. The molecule has 0 unspecified atom stereocenters. The van der Waals surface area contributed by atoms with Crippen molar-refractivity contribution in [2.45, 2.75) is 32.2 Å². The highest BCUT2D eigenvalue weighted by molar-refractivity contribution is 7.89. The molecule has 0 radical (unpaired) electrons. The molecule has 0 saturated carbocycles. The Labute approximate surface area is 130 Å². The van der Waals surface area contributed by atoms with Gasteiger partial charge in [0.25, 0.3) is 0 Å². The summed E-state index contributed by atoms with van der Waals surface area (Å²) in [5.74, 6) is 0. The fourth-order valence-electron chi connectivity index (χ4n) is 1.52. The van der Waals surface area contributed by atoms with E-state index >= 15 is 0 Å². The van der Waals surface area contributed by atoms with E-state index in [2.05, 4.69) is 10.0 Å². The standard InChI is InChI=1S/C13H20Cl2N2O2S/c1-13(2,3)8-17-20(18,19)11-6-10(14)5-9(7-16-4)12(11)15/h5-6,16-17H,7-8H2,1-4H3. The zero-order chi connectivity index (χ0) is 15.6. The summed E-state index contributed by atoms with van der Waals surface area (Å²) >= 11 is 12.2. The van der Waals surface area contributed by atoms with Gasteiger partial charge in [-0.15, -0.1) is 0 Å². The minimum Gasteiger partial charge on any atom is -0.316 e. The molecular weight excluding hydrogens is 319 g/mol. The smallest absolute Gasteiger partial charge is 0.242 e. The maximum atomic E-state index is 12.3. The highest BCUT2D eigenvalue weighted by Gasteiger charge is 2.23. The fourth-order valence-corrected chi connectivity index (χ4v) is 3.74. The second kappa shape index (κ2) is 6.62. The van der Waals surface area contributed by atoms with Crippen molar-refractivity contribution in [3.05, 3.63) is 27.7 Å². The van der Waals surface area contributed by atoms with Crippen LogP contribution in [-0.4, -0.2) is 22.0 Å². The number of benzene rings is 1. The Hall–Kier alpha value is -0.330. The van der Waals surface area contributed by atoms with E-state index in [1.807, 2.05) is 20.8 Å². The summed E-state index contributed by atoms with van der Waals surface area (Å²) in [4.78, 5) is 0.0150. The first-order valence-corrected chi connectivity index (χ1v) is 8.43. The summed E-state index contributed by atoms with van der Waals surface area (Å²) in [7, 11) is -1.93. The summed E-state index contributed by atoms with van der Waals surface area (Å²) in [6, 6.07) is 3.03. The molecular formula is C13H20Cl2N2O2S. The molecule has 0 amide bonds. The first kappa shape index (κ1) is 17.7. The summed E-state index contributed by atoms with van der Waals surface area (Å²) in [5.41, 5.74) is 0.490. The van der Waals surface area contributed by atoms with Gasteiger partial charge < -0.3 is 5.32 Å². The van der Waals surface area contributed by atoms with Gasteiger partial charge in [-0.2, -0.15) is 0 Å². The van der Waals surface area contributed by atoms with E-state index in [0.29, 0.717) is 23.7 Å². The molecule has 4 nitrogen and oxygen atoms in total. The van der Waals surface area contributed by atoms with Crippen molar-refractivity contribution >= 4 is 33.2 Å². The van der Waals surface area contributed by atoms with Gasteiger partial charge in [0.15, 0.2) is 0 Å². The van der Waals surface area contributed by atoms with Gasteiger partial charge in [-0.25, -0.2) is 13.1 Å². The molecule has 0 fully saturated rings. The minimum absolute atomic E-state index is 0.0150. The van der Waals surface area contributed by atoms with E-state index in [0.717, 1.165) is 0 Å². The van der Waals surface area contributed by atoms with E-state index in [9.17, 15) is 8.42 Å². The highest BCUT2D eigenvalue weighted by Crippen LogP contribution is 2.29. The number of halogens is 2. The van der Waals surface area contributed by atoms with Crippen LogP contribution in [0.4, 0.5) is 0 Å². The second-order valence-corrected chi connectivity index (χ2v) is 8.34. The molecule has 0 aromatic heterocycles. The van der Waals surface area contributed by atoms with E-state index in [-0.39, 0.29) is 15.3 Å². The van der Waals surface area contributed by atoms with Gasteiger partial charge in [-0.3, -0.25) is 0 Å². The van der Waals surface area contributed by atoms with Crippen molar-refractivity contribution in [2.75, 3.05) is 13.6 Å². The number of hydrogen-bond acceptors (Lipinski definition) is 3. The van der Waals surface area contributed by atoms with Gasteiger partial charge in [-0.05, 0) is 30.2 Å². The fraction of sp³-hybridized carbons (Fsp3) is 0.538. The molecule has 1 aromatic rings. The van der Waals surface area contributed by atoms with Crippen LogP contribution < -0.4 is 10.0 Å². The first-order valence-electron chi connectivity index (χ1n) is 6.19. The van der Waals surface area contributed by atoms with Gasteiger partial charge in [0.05, 0.1) is 5.02 Å². The molecule has 0 atom stereocenters. The third kappa shape index (κ3) is 4.90. The third-order valence-corrected chi connectivity index (χ3v) is 4.73. The molecule has 1 rings (SSSR count). The van der Waals surface area contributed by atoms with Crippen LogP contribution in [0.5, 0.6) is 0 Å². The van der Waals surface area contributed by atoms with E-state index in [1.165, 1.54) is 6.07 Å². The normalized spacial score (nSPS) is 12.7. The van der Waals surface area contributed by atoms with Crippen molar-refractivity contribution in [3.63, 3.8) is 0 Å². The summed E-state index contributed by atoms with van der Waals surface area (Å²) in [5, 5.41) is 3.47. The Bertz CT molecular complexity index is 581. The maximum absolute atomic E-state index is 12.3. The highest BCUT2D eigenvalue weighted by atomic mass is 35.5. The van der Waals surface area contributed by atoms with Crippen LogP contribution >= 0.6 is 23.2 Å². The van der Waals surface area contributed by atoms with E-state index in [4.69, 9.17) is 23.2 Å². The molecule has 114 valence electrons. The molecule has 0 aliphatic rings. The molecule has 0 spiro atoms. The molecule has 7 heteroatoms. The van der Waals surface area contributed by atoms with Crippen LogP contribution in [-0.2, 0) is 16.6 Å². The van der Waals surface area contributed by atoms with Gasteiger partial charge >= 0.3 is 0 Å².